The lowest BCUT2D eigenvalue weighted by atomic mass is 9.75. The minimum atomic E-state index is -0.283. The smallest absolute Gasteiger partial charge is 0.251 e. The molecule has 0 unspecified atom stereocenters. The Kier molecular flexibility index (Phi) is 3.80. The van der Waals surface area contributed by atoms with Gasteiger partial charge in [-0.2, -0.15) is 5.10 Å². The summed E-state index contributed by atoms with van der Waals surface area (Å²) in [5.74, 6) is 0.606. The fourth-order valence-corrected chi connectivity index (χ4v) is 3.38. The third-order valence-corrected chi connectivity index (χ3v) is 4.75. The van der Waals surface area contributed by atoms with Gasteiger partial charge in [-0.05, 0) is 37.0 Å². The number of rotatable bonds is 4. The predicted octanol–water partition coefficient (Wildman–Crippen LogP) is 2.11. The molecule has 1 fully saturated rings. The van der Waals surface area contributed by atoms with Crippen molar-refractivity contribution in [2.24, 2.45) is 13.0 Å². The predicted molar refractivity (Wildman–Crippen MR) is 90.9 cm³/mol. The lowest BCUT2D eigenvalue weighted by Crippen LogP contribution is -2.41. The van der Waals surface area contributed by atoms with Gasteiger partial charge in [0.15, 0.2) is 11.5 Å². The number of fused-ring (bicyclic) bond motifs is 1. The van der Waals surface area contributed by atoms with E-state index < -0.39 is 0 Å². The maximum absolute atomic E-state index is 12.7. The van der Waals surface area contributed by atoms with Crippen LogP contribution in [0.5, 0.6) is 0 Å². The second kappa shape index (κ2) is 6.00. The molecule has 2 N–H and O–H groups in total. The highest BCUT2D eigenvalue weighted by Crippen LogP contribution is 2.38. The van der Waals surface area contributed by atoms with E-state index >= 15 is 0 Å². The van der Waals surface area contributed by atoms with E-state index in [1.807, 2.05) is 13.2 Å². The van der Waals surface area contributed by atoms with E-state index in [1.54, 1.807) is 36.0 Å². The molecule has 3 aromatic rings. The highest BCUT2D eigenvalue weighted by molar-refractivity contribution is 5.97. The van der Waals surface area contributed by atoms with Gasteiger partial charge >= 0.3 is 0 Å². The molecule has 0 saturated heterocycles. The van der Waals surface area contributed by atoms with Gasteiger partial charge in [0.05, 0.1) is 18.3 Å². The molecule has 1 aliphatic rings. The molecule has 1 aliphatic carbocycles. The van der Waals surface area contributed by atoms with E-state index in [0.717, 1.165) is 11.1 Å². The summed E-state index contributed by atoms with van der Waals surface area (Å²) in [5.41, 5.74) is 2.81. The van der Waals surface area contributed by atoms with E-state index in [1.165, 1.54) is 0 Å². The molecule has 1 amide bonds. The van der Waals surface area contributed by atoms with Gasteiger partial charge in [0.25, 0.3) is 5.91 Å². The van der Waals surface area contributed by atoms with Gasteiger partial charge in [-0.15, -0.1) is 0 Å². The molecule has 1 atom stereocenters. The van der Waals surface area contributed by atoms with Crippen molar-refractivity contribution in [3.05, 3.63) is 47.6 Å². The molecule has 2 heterocycles. The second-order valence-electron chi connectivity index (χ2n) is 6.70. The number of aryl methyl sites for hydroxylation is 2. The SMILES string of the molecule is Cc1nc2ccc(C(=O)N[C@H](c3cnn(C)c3)C3CC(O)C3)cc2o1. The molecule has 0 bridgehead atoms. The van der Waals surface area contributed by atoms with Crippen LogP contribution < -0.4 is 5.32 Å². The summed E-state index contributed by atoms with van der Waals surface area (Å²) in [6, 6.07) is 5.07. The average Bonchev–Trinajstić information content (AvgIpc) is 3.13. The van der Waals surface area contributed by atoms with Crippen LogP contribution in [0.2, 0.25) is 0 Å². The third kappa shape index (κ3) is 3.02. The van der Waals surface area contributed by atoms with E-state index in [0.29, 0.717) is 29.9 Å². The van der Waals surface area contributed by atoms with Gasteiger partial charge < -0.3 is 14.8 Å². The summed E-state index contributed by atoms with van der Waals surface area (Å²) < 4.78 is 7.22. The maximum atomic E-state index is 12.7. The Morgan fingerprint density at radius 3 is 2.92 bits per heavy atom. The summed E-state index contributed by atoms with van der Waals surface area (Å²) >= 11 is 0. The molecular weight excluding hydrogens is 320 g/mol. The van der Waals surface area contributed by atoms with Crippen LogP contribution in [0, 0.1) is 12.8 Å². The van der Waals surface area contributed by atoms with Crippen LogP contribution >= 0.6 is 0 Å². The van der Waals surface area contributed by atoms with Crippen LogP contribution in [0.25, 0.3) is 11.1 Å². The average molecular weight is 340 g/mol. The lowest BCUT2D eigenvalue weighted by molar-refractivity contribution is 0.0235. The number of aliphatic hydroxyl groups is 1. The number of hydrogen-bond acceptors (Lipinski definition) is 5. The van der Waals surface area contributed by atoms with Gasteiger partial charge in [-0.1, -0.05) is 0 Å². The number of hydrogen-bond donors (Lipinski definition) is 2. The first-order valence-electron chi connectivity index (χ1n) is 8.34. The van der Waals surface area contributed by atoms with Crippen LogP contribution in [-0.4, -0.2) is 31.9 Å². The highest BCUT2D eigenvalue weighted by Gasteiger charge is 2.36. The summed E-state index contributed by atoms with van der Waals surface area (Å²) in [5, 5.41) is 16.9. The molecule has 0 spiro atoms. The molecule has 0 aliphatic heterocycles. The van der Waals surface area contributed by atoms with Gasteiger partial charge in [-0.3, -0.25) is 9.48 Å². The molecule has 1 aromatic carbocycles. The van der Waals surface area contributed by atoms with Gasteiger partial charge in [-0.25, -0.2) is 4.98 Å². The van der Waals surface area contributed by atoms with Gasteiger partial charge in [0, 0.05) is 31.3 Å². The number of aromatic nitrogens is 3. The van der Waals surface area contributed by atoms with Crippen molar-refractivity contribution in [2.75, 3.05) is 0 Å². The first-order valence-corrected chi connectivity index (χ1v) is 8.34. The number of amides is 1. The van der Waals surface area contributed by atoms with E-state index in [-0.39, 0.29) is 24.0 Å². The third-order valence-electron chi connectivity index (χ3n) is 4.75. The fraction of sp³-hybridized carbons (Fsp3) is 0.389. The first kappa shape index (κ1) is 15.8. The molecule has 7 heteroatoms. The van der Waals surface area contributed by atoms with Crippen LogP contribution in [-0.2, 0) is 7.05 Å². The Hall–Kier alpha value is -2.67. The molecular formula is C18H20N4O3. The monoisotopic (exact) mass is 340 g/mol. The lowest BCUT2D eigenvalue weighted by Gasteiger charge is -2.37. The van der Waals surface area contributed by atoms with Crippen molar-refractivity contribution >= 4 is 17.0 Å². The molecule has 0 radical (unpaired) electrons. The largest absolute Gasteiger partial charge is 0.441 e. The number of carbonyl (C=O) groups excluding carboxylic acids is 1. The summed E-state index contributed by atoms with van der Waals surface area (Å²) in [4.78, 5) is 17.0. The molecule has 130 valence electrons. The topological polar surface area (TPSA) is 93.2 Å². The number of aliphatic hydroxyl groups excluding tert-OH is 1. The highest BCUT2D eigenvalue weighted by atomic mass is 16.3. The molecule has 25 heavy (non-hydrogen) atoms. The standard InChI is InChI=1S/C18H20N4O3/c1-10-20-15-4-3-11(7-16(15)25-10)18(24)21-17(12-5-14(23)6-12)13-8-19-22(2)9-13/h3-4,7-9,12,14,17,23H,5-6H2,1-2H3,(H,21,24)/t12?,14?,17-/m0/s1. The zero-order chi connectivity index (χ0) is 17.6. The quantitative estimate of drug-likeness (QED) is 0.759. The van der Waals surface area contributed by atoms with Crippen molar-refractivity contribution in [1.82, 2.24) is 20.1 Å². The zero-order valence-corrected chi connectivity index (χ0v) is 14.1. The summed E-state index contributed by atoms with van der Waals surface area (Å²) in [6.45, 7) is 1.78. The minimum Gasteiger partial charge on any atom is -0.441 e. The number of nitrogens with one attached hydrogen (secondary N) is 1. The Morgan fingerprint density at radius 1 is 1.44 bits per heavy atom. The van der Waals surface area contributed by atoms with Gasteiger partial charge in [0.1, 0.15) is 5.52 Å². The normalized spacial score (nSPS) is 21.1. The van der Waals surface area contributed by atoms with Crippen molar-refractivity contribution < 1.29 is 14.3 Å². The molecule has 1 saturated carbocycles. The van der Waals surface area contributed by atoms with E-state index in [9.17, 15) is 9.90 Å². The fourth-order valence-electron chi connectivity index (χ4n) is 3.38. The maximum Gasteiger partial charge on any atom is 0.251 e. The van der Waals surface area contributed by atoms with Crippen LogP contribution in [0.4, 0.5) is 0 Å². The molecule has 7 nitrogen and oxygen atoms in total. The number of oxazole rings is 1. The molecule has 4 rings (SSSR count). The minimum absolute atomic E-state index is 0.170. The zero-order valence-electron chi connectivity index (χ0n) is 14.1. The van der Waals surface area contributed by atoms with Crippen LogP contribution in [0.15, 0.2) is 35.0 Å². The Morgan fingerprint density at radius 2 is 2.24 bits per heavy atom. The Balaban J connectivity index is 1.58. The van der Waals surface area contributed by atoms with Crippen molar-refractivity contribution in [3.8, 4) is 0 Å². The Bertz CT molecular complexity index is 923. The van der Waals surface area contributed by atoms with Crippen LogP contribution in [0.1, 0.15) is 40.7 Å². The van der Waals surface area contributed by atoms with Crippen molar-refractivity contribution in [1.29, 1.82) is 0 Å². The molecule has 2 aromatic heterocycles. The number of carbonyl (C=O) groups is 1. The second-order valence-corrected chi connectivity index (χ2v) is 6.70. The summed E-state index contributed by atoms with van der Waals surface area (Å²) in [6.07, 6.45) is 4.74. The van der Waals surface area contributed by atoms with Crippen molar-refractivity contribution in [2.45, 2.75) is 31.9 Å². The van der Waals surface area contributed by atoms with Gasteiger partial charge in [0.2, 0.25) is 0 Å². The van der Waals surface area contributed by atoms with E-state index in [2.05, 4.69) is 15.4 Å². The first-order chi connectivity index (χ1) is 12.0. The van der Waals surface area contributed by atoms with Crippen molar-refractivity contribution in [3.63, 3.8) is 0 Å². The van der Waals surface area contributed by atoms with Crippen LogP contribution in [0.3, 0.4) is 0 Å². The summed E-state index contributed by atoms with van der Waals surface area (Å²) in [7, 11) is 1.85. The number of benzene rings is 1. The number of nitrogens with zero attached hydrogens (tertiary/aromatic N) is 3. The van der Waals surface area contributed by atoms with E-state index in [4.69, 9.17) is 4.42 Å². The Labute approximate surface area is 144 Å².